The Bertz CT molecular complexity index is 538. The molecule has 0 aromatic heterocycles. The maximum Gasteiger partial charge on any atom is 0.257 e. The quantitative estimate of drug-likeness (QED) is 0.456. The van der Waals surface area contributed by atoms with Crippen molar-refractivity contribution < 1.29 is 19.5 Å². The van der Waals surface area contributed by atoms with Crippen LogP contribution in [0.25, 0.3) is 0 Å². The van der Waals surface area contributed by atoms with Crippen LogP contribution in [-0.2, 0) is 4.79 Å². The Morgan fingerprint density at radius 3 is 2.81 bits per heavy atom. The standard InChI is InChI=1S/C15H20N2O4/c1-10(17-19)12-5-6-13(14(7-12)20-2)21-9-15(18)16-8-11-3-4-11/h5-7,11,19H,3-4,8-9H2,1-2H3,(H,16,18)/b17-10+. The van der Waals surface area contributed by atoms with Crippen LogP contribution in [0, 0.1) is 5.92 Å². The number of rotatable bonds is 7. The van der Waals surface area contributed by atoms with E-state index >= 15 is 0 Å². The molecule has 0 heterocycles. The third kappa shape index (κ3) is 4.37. The van der Waals surface area contributed by atoms with Crippen LogP contribution in [0.4, 0.5) is 0 Å². The van der Waals surface area contributed by atoms with E-state index in [1.165, 1.54) is 20.0 Å². The van der Waals surface area contributed by atoms with E-state index in [-0.39, 0.29) is 12.5 Å². The summed E-state index contributed by atoms with van der Waals surface area (Å²) in [7, 11) is 1.52. The number of oxime groups is 1. The molecule has 6 nitrogen and oxygen atoms in total. The predicted octanol–water partition coefficient (Wildman–Crippen LogP) is 1.80. The Kier molecular flexibility index (Phi) is 5.03. The topological polar surface area (TPSA) is 80.2 Å². The number of methoxy groups -OCH3 is 1. The lowest BCUT2D eigenvalue weighted by Crippen LogP contribution is -2.30. The van der Waals surface area contributed by atoms with Gasteiger partial charge in [0.25, 0.3) is 5.91 Å². The van der Waals surface area contributed by atoms with Gasteiger partial charge in [-0.15, -0.1) is 0 Å². The van der Waals surface area contributed by atoms with E-state index in [1.807, 2.05) is 0 Å². The maximum absolute atomic E-state index is 11.6. The van der Waals surface area contributed by atoms with Crippen molar-refractivity contribution in [2.75, 3.05) is 20.3 Å². The molecule has 1 amide bonds. The average Bonchev–Trinajstić information content (AvgIpc) is 3.34. The van der Waals surface area contributed by atoms with E-state index in [9.17, 15) is 4.79 Å². The molecular formula is C15H20N2O4. The molecule has 114 valence electrons. The Labute approximate surface area is 123 Å². The van der Waals surface area contributed by atoms with Gasteiger partial charge in [0.15, 0.2) is 18.1 Å². The van der Waals surface area contributed by atoms with E-state index in [2.05, 4.69) is 10.5 Å². The fraction of sp³-hybridized carbons (Fsp3) is 0.467. The van der Waals surface area contributed by atoms with Crippen LogP contribution < -0.4 is 14.8 Å². The number of carbonyl (C=O) groups excluding carboxylic acids is 1. The van der Waals surface area contributed by atoms with Gasteiger partial charge in [-0.1, -0.05) is 5.16 Å². The molecule has 0 radical (unpaired) electrons. The number of ether oxygens (including phenoxy) is 2. The Morgan fingerprint density at radius 1 is 1.43 bits per heavy atom. The molecule has 1 aliphatic rings. The zero-order valence-electron chi connectivity index (χ0n) is 12.3. The molecule has 1 aromatic rings. The molecule has 0 aliphatic heterocycles. The van der Waals surface area contributed by atoms with Gasteiger partial charge in [-0.25, -0.2) is 0 Å². The summed E-state index contributed by atoms with van der Waals surface area (Å²) in [6, 6.07) is 5.14. The lowest BCUT2D eigenvalue weighted by Gasteiger charge is -2.12. The van der Waals surface area contributed by atoms with Gasteiger partial charge in [0.2, 0.25) is 0 Å². The fourth-order valence-electron chi connectivity index (χ4n) is 1.84. The largest absolute Gasteiger partial charge is 0.493 e. The normalized spacial score (nSPS) is 14.7. The molecule has 0 spiro atoms. The first-order valence-corrected chi connectivity index (χ1v) is 6.90. The molecule has 0 saturated heterocycles. The zero-order chi connectivity index (χ0) is 15.2. The average molecular weight is 292 g/mol. The predicted molar refractivity (Wildman–Crippen MR) is 78.2 cm³/mol. The molecule has 2 N–H and O–H groups in total. The first-order chi connectivity index (χ1) is 10.1. The summed E-state index contributed by atoms with van der Waals surface area (Å²) in [6.45, 7) is 2.36. The highest BCUT2D eigenvalue weighted by atomic mass is 16.5. The summed E-state index contributed by atoms with van der Waals surface area (Å²) in [5.74, 6) is 1.48. The van der Waals surface area contributed by atoms with E-state index < -0.39 is 0 Å². The summed E-state index contributed by atoms with van der Waals surface area (Å²) >= 11 is 0. The van der Waals surface area contributed by atoms with Gasteiger partial charge in [0, 0.05) is 12.1 Å². The molecule has 0 unspecified atom stereocenters. The summed E-state index contributed by atoms with van der Waals surface area (Å²) < 4.78 is 10.7. The molecule has 0 bridgehead atoms. The van der Waals surface area contributed by atoms with Gasteiger partial charge < -0.3 is 20.0 Å². The number of nitrogens with zero attached hydrogens (tertiary/aromatic N) is 1. The van der Waals surface area contributed by atoms with E-state index in [0.717, 1.165) is 12.1 Å². The second-order valence-corrected chi connectivity index (χ2v) is 5.09. The van der Waals surface area contributed by atoms with Gasteiger partial charge in [-0.2, -0.15) is 0 Å². The zero-order valence-corrected chi connectivity index (χ0v) is 12.3. The first-order valence-electron chi connectivity index (χ1n) is 6.90. The SMILES string of the molecule is COc1cc(/C(C)=N/O)ccc1OCC(=O)NCC1CC1. The van der Waals surface area contributed by atoms with Gasteiger partial charge in [0.1, 0.15) is 0 Å². The minimum atomic E-state index is -0.138. The summed E-state index contributed by atoms with van der Waals surface area (Å²) in [4.78, 5) is 11.6. The molecule has 21 heavy (non-hydrogen) atoms. The Morgan fingerprint density at radius 2 is 2.19 bits per heavy atom. The number of benzene rings is 1. The van der Waals surface area contributed by atoms with Crippen molar-refractivity contribution >= 4 is 11.6 Å². The van der Waals surface area contributed by atoms with Crippen LogP contribution in [0.15, 0.2) is 23.4 Å². The lowest BCUT2D eigenvalue weighted by atomic mass is 10.1. The first kappa shape index (κ1) is 15.2. The molecule has 0 atom stereocenters. The number of amides is 1. The second kappa shape index (κ2) is 6.97. The lowest BCUT2D eigenvalue weighted by molar-refractivity contribution is -0.123. The molecular weight excluding hydrogens is 272 g/mol. The van der Waals surface area contributed by atoms with Crippen LogP contribution in [0.2, 0.25) is 0 Å². The van der Waals surface area contributed by atoms with E-state index in [4.69, 9.17) is 14.7 Å². The van der Waals surface area contributed by atoms with Crippen molar-refractivity contribution in [1.82, 2.24) is 5.32 Å². The van der Waals surface area contributed by atoms with E-state index in [0.29, 0.717) is 23.1 Å². The minimum Gasteiger partial charge on any atom is -0.493 e. The van der Waals surface area contributed by atoms with Crippen molar-refractivity contribution in [3.63, 3.8) is 0 Å². The second-order valence-electron chi connectivity index (χ2n) is 5.09. The Hall–Kier alpha value is -2.24. The van der Waals surface area contributed by atoms with Crippen molar-refractivity contribution in [2.24, 2.45) is 11.1 Å². The number of hydrogen-bond acceptors (Lipinski definition) is 5. The number of carbonyl (C=O) groups is 1. The van der Waals surface area contributed by atoms with Gasteiger partial charge in [-0.3, -0.25) is 4.79 Å². The molecule has 1 saturated carbocycles. The van der Waals surface area contributed by atoms with Gasteiger partial charge >= 0.3 is 0 Å². The van der Waals surface area contributed by atoms with Crippen LogP contribution in [0.3, 0.4) is 0 Å². The highest BCUT2D eigenvalue weighted by molar-refractivity contribution is 5.98. The van der Waals surface area contributed by atoms with E-state index in [1.54, 1.807) is 25.1 Å². The highest BCUT2D eigenvalue weighted by Crippen LogP contribution is 2.29. The van der Waals surface area contributed by atoms with Crippen LogP contribution >= 0.6 is 0 Å². The fourth-order valence-corrected chi connectivity index (χ4v) is 1.84. The van der Waals surface area contributed by atoms with Crippen LogP contribution in [-0.4, -0.2) is 37.1 Å². The highest BCUT2D eigenvalue weighted by Gasteiger charge is 2.21. The summed E-state index contributed by atoms with van der Waals surface area (Å²) in [5, 5.41) is 14.7. The monoisotopic (exact) mass is 292 g/mol. The van der Waals surface area contributed by atoms with Crippen LogP contribution in [0.5, 0.6) is 11.5 Å². The molecule has 6 heteroatoms. The minimum absolute atomic E-state index is 0.0461. The van der Waals surface area contributed by atoms with Crippen molar-refractivity contribution in [1.29, 1.82) is 0 Å². The van der Waals surface area contributed by atoms with Crippen molar-refractivity contribution in [2.45, 2.75) is 19.8 Å². The molecule has 1 aromatic carbocycles. The number of hydrogen-bond donors (Lipinski definition) is 2. The molecule has 1 fully saturated rings. The summed E-state index contributed by atoms with van der Waals surface area (Å²) in [5.41, 5.74) is 1.20. The third-order valence-electron chi connectivity index (χ3n) is 3.37. The number of nitrogens with one attached hydrogen (secondary N) is 1. The Balaban J connectivity index is 1.93. The third-order valence-corrected chi connectivity index (χ3v) is 3.37. The van der Waals surface area contributed by atoms with Crippen molar-refractivity contribution in [3.8, 4) is 11.5 Å². The maximum atomic E-state index is 11.6. The molecule has 2 rings (SSSR count). The smallest absolute Gasteiger partial charge is 0.257 e. The van der Waals surface area contributed by atoms with Crippen molar-refractivity contribution in [3.05, 3.63) is 23.8 Å². The van der Waals surface area contributed by atoms with Gasteiger partial charge in [0.05, 0.1) is 12.8 Å². The molecule has 1 aliphatic carbocycles. The van der Waals surface area contributed by atoms with Crippen LogP contribution in [0.1, 0.15) is 25.3 Å². The summed E-state index contributed by atoms with van der Waals surface area (Å²) in [6.07, 6.45) is 2.39. The van der Waals surface area contributed by atoms with Gasteiger partial charge in [-0.05, 0) is 43.9 Å².